The molecule has 0 unspecified atom stereocenters. The van der Waals surface area contributed by atoms with Gasteiger partial charge in [-0.1, -0.05) is 0 Å². The van der Waals surface area contributed by atoms with Gasteiger partial charge in [0.05, 0.1) is 18.2 Å². The number of aromatic nitrogens is 1. The Morgan fingerprint density at radius 1 is 1.28 bits per heavy atom. The summed E-state index contributed by atoms with van der Waals surface area (Å²) in [6.07, 6.45) is -2.86. The summed E-state index contributed by atoms with van der Waals surface area (Å²) in [4.78, 5) is 14.4. The lowest BCUT2D eigenvalue weighted by Crippen LogP contribution is -2.07. The second kappa shape index (κ2) is 4.29. The number of hydrogen-bond donors (Lipinski definition) is 0. The minimum atomic E-state index is -4.53. The van der Waals surface area contributed by atoms with Crippen LogP contribution in [-0.2, 0) is 6.18 Å². The molecule has 0 aliphatic rings. The van der Waals surface area contributed by atoms with E-state index in [9.17, 15) is 18.0 Å². The van der Waals surface area contributed by atoms with E-state index >= 15 is 0 Å². The third-order valence-electron chi connectivity index (χ3n) is 2.47. The van der Waals surface area contributed by atoms with Crippen LogP contribution in [0.25, 0.3) is 10.9 Å². The fourth-order valence-electron chi connectivity index (χ4n) is 1.64. The average Bonchev–Trinajstić information content (AvgIpc) is 2.35. The van der Waals surface area contributed by atoms with Crippen molar-refractivity contribution < 1.29 is 22.7 Å². The maximum atomic E-state index is 12.9. The molecule has 0 saturated carbocycles. The molecule has 1 heterocycles. The maximum Gasteiger partial charge on any atom is 0.417 e. The van der Waals surface area contributed by atoms with Crippen molar-refractivity contribution in [3.8, 4) is 5.75 Å². The number of rotatable bonds is 2. The number of aldehydes is 1. The first-order valence-electron chi connectivity index (χ1n) is 4.96. The van der Waals surface area contributed by atoms with Crippen molar-refractivity contribution in [1.29, 1.82) is 0 Å². The summed E-state index contributed by atoms with van der Waals surface area (Å²) in [5.41, 5.74) is -0.640. The van der Waals surface area contributed by atoms with Crippen LogP contribution in [0.4, 0.5) is 13.2 Å². The Morgan fingerprint density at radius 2 is 2.00 bits per heavy atom. The number of hydrogen-bond acceptors (Lipinski definition) is 3. The molecule has 2 rings (SSSR count). The van der Waals surface area contributed by atoms with Crippen LogP contribution >= 0.6 is 0 Å². The third kappa shape index (κ3) is 2.13. The summed E-state index contributed by atoms with van der Waals surface area (Å²) in [6.45, 7) is 0. The van der Waals surface area contributed by atoms with E-state index in [1.54, 1.807) is 0 Å². The molecule has 0 amide bonds. The van der Waals surface area contributed by atoms with Crippen LogP contribution in [-0.4, -0.2) is 18.4 Å². The zero-order chi connectivity index (χ0) is 13.3. The molecule has 0 saturated heterocycles. The van der Waals surface area contributed by atoms with E-state index in [4.69, 9.17) is 4.74 Å². The van der Waals surface area contributed by atoms with Crippen LogP contribution in [0.15, 0.2) is 24.4 Å². The fraction of sp³-hybridized carbons (Fsp3) is 0.167. The highest BCUT2D eigenvalue weighted by molar-refractivity contribution is 5.89. The SMILES string of the molecule is COc1cc(C(F)(F)F)c2cc(C=O)cnc2c1. The van der Waals surface area contributed by atoms with E-state index in [1.807, 2.05) is 0 Å². The summed E-state index contributed by atoms with van der Waals surface area (Å²) < 4.78 is 43.5. The Morgan fingerprint density at radius 3 is 2.56 bits per heavy atom. The molecule has 0 aliphatic carbocycles. The number of alkyl halides is 3. The highest BCUT2D eigenvalue weighted by Gasteiger charge is 2.33. The number of pyridine rings is 1. The first-order chi connectivity index (χ1) is 8.45. The van der Waals surface area contributed by atoms with Crippen LogP contribution in [0.5, 0.6) is 5.75 Å². The summed E-state index contributed by atoms with van der Waals surface area (Å²) in [5.74, 6) is 0.0705. The summed E-state index contributed by atoms with van der Waals surface area (Å²) in [5, 5.41) is -0.118. The van der Waals surface area contributed by atoms with Crippen molar-refractivity contribution in [2.45, 2.75) is 6.18 Å². The number of carbonyl (C=O) groups is 1. The van der Waals surface area contributed by atoms with Gasteiger partial charge in [0.15, 0.2) is 6.29 Å². The molecule has 1 aromatic heterocycles. The summed E-state index contributed by atoms with van der Waals surface area (Å²) in [7, 11) is 1.28. The first-order valence-corrected chi connectivity index (χ1v) is 4.96. The largest absolute Gasteiger partial charge is 0.497 e. The number of benzene rings is 1. The van der Waals surface area contributed by atoms with Gasteiger partial charge in [0.1, 0.15) is 5.75 Å². The molecule has 94 valence electrons. The van der Waals surface area contributed by atoms with Crippen LogP contribution in [0.1, 0.15) is 15.9 Å². The Bertz CT molecular complexity index is 608. The highest BCUT2D eigenvalue weighted by atomic mass is 19.4. The van der Waals surface area contributed by atoms with Crippen molar-refractivity contribution in [2.24, 2.45) is 0 Å². The fourth-order valence-corrected chi connectivity index (χ4v) is 1.64. The van der Waals surface area contributed by atoms with Crippen LogP contribution < -0.4 is 4.74 Å². The molecule has 6 heteroatoms. The van der Waals surface area contributed by atoms with Gasteiger partial charge >= 0.3 is 6.18 Å². The number of ether oxygens (including phenoxy) is 1. The van der Waals surface area contributed by atoms with Gasteiger partial charge in [-0.05, 0) is 12.1 Å². The van der Waals surface area contributed by atoms with Crippen molar-refractivity contribution in [2.75, 3.05) is 7.11 Å². The average molecular weight is 255 g/mol. The lowest BCUT2D eigenvalue weighted by Gasteiger charge is -2.12. The van der Waals surface area contributed by atoms with Crippen molar-refractivity contribution in [3.63, 3.8) is 0 Å². The van der Waals surface area contributed by atoms with E-state index in [1.165, 1.54) is 19.4 Å². The number of halogens is 3. The molecule has 1 aromatic carbocycles. The molecule has 18 heavy (non-hydrogen) atoms. The van der Waals surface area contributed by atoms with Gasteiger partial charge in [0.2, 0.25) is 0 Å². The van der Waals surface area contributed by atoms with Gasteiger partial charge in [-0.2, -0.15) is 13.2 Å². The smallest absolute Gasteiger partial charge is 0.417 e. The minimum Gasteiger partial charge on any atom is -0.497 e. The standard InChI is InChI=1S/C12H8F3NO2/c1-18-8-3-10(12(13,14)15)9-2-7(6-17)5-16-11(9)4-8/h2-6H,1H3. The Labute approximate surface area is 100 Å². The maximum absolute atomic E-state index is 12.9. The molecular formula is C12H8F3NO2. The van der Waals surface area contributed by atoms with Gasteiger partial charge in [0.25, 0.3) is 0 Å². The molecule has 0 atom stereocenters. The van der Waals surface area contributed by atoms with Crippen LogP contribution in [0, 0.1) is 0 Å². The van der Waals surface area contributed by atoms with Crippen molar-refractivity contribution >= 4 is 17.2 Å². The molecule has 0 fully saturated rings. The zero-order valence-electron chi connectivity index (χ0n) is 9.28. The quantitative estimate of drug-likeness (QED) is 0.774. The second-order valence-corrected chi connectivity index (χ2v) is 3.63. The Hall–Kier alpha value is -2.11. The Kier molecular flexibility index (Phi) is 2.94. The molecule has 0 spiro atoms. The van der Waals surface area contributed by atoms with E-state index in [2.05, 4.69) is 4.98 Å². The van der Waals surface area contributed by atoms with E-state index < -0.39 is 11.7 Å². The molecule has 0 aliphatic heterocycles. The highest BCUT2D eigenvalue weighted by Crippen LogP contribution is 2.37. The predicted molar refractivity (Wildman–Crippen MR) is 58.7 cm³/mol. The predicted octanol–water partition coefficient (Wildman–Crippen LogP) is 3.07. The monoisotopic (exact) mass is 255 g/mol. The summed E-state index contributed by atoms with van der Waals surface area (Å²) >= 11 is 0. The van der Waals surface area contributed by atoms with Gasteiger partial charge in [-0.25, -0.2) is 0 Å². The van der Waals surface area contributed by atoms with Gasteiger partial charge in [-0.3, -0.25) is 9.78 Å². The minimum absolute atomic E-state index is 0.0705. The van der Waals surface area contributed by atoms with Gasteiger partial charge in [0, 0.05) is 23.2 Å². The van der Waals surface area contributed by atoms with Gasteiger partial charge in [-0.15, -0.1) is 0 Å². The topological polar surface area (TPSA) is 39.2 Å². The third-order valence-corrected chi connectivity index (χ3v) is 2.47. The molecule has 0 radical (unpaired) electrons. The van der Waals surface area contributed by atoms with Crippen LogP contribution in [0.3, 0.4) is 0 Å². The van der Waals surface area contributed by atoms with E-state index in [0.29, 0.717) is 6.29 Å². The number of nitrogens with zero attached hydrogens (tertiary/aromatic N) is 1. The second-order valence-electron chi connectivity index (χ2n) is 3.63. The lowest BCUT2D eigenvalue weighted by molar-refractivity contribution is -0.136. The lowest BCUT2D eigenvalue weighted by atomic mass is 10.1. The number of carbonyl (C=O) groups excluding carboxylic acids is 1. The first kappa shape index (κ1) is 12.3. The molecule has 0 bridgehead atoms. The Balaban J connectivity index is 2.82. The zero-order valence-corrected chi connectivity index (χ0v) is 9.28. The molecule has 3 nitrogen and oxygen atoms in total. The number of methoxy groups -OCH3 is 1. The van der Waals surface area contributed by atoms with E-state index in [0.717, 1.165) is 12.1 Å². The molecule has 2 aromatic rings. The van der Waals surface area contributed by atoms with Crippen molar-refractivity contribution in [1.82, 2.24) is 4.98 Å². The van der Waals surface area contributed by atoms with E-state index in [-0.39, 0.29) is 22.2 Å². The summed E-state index contributed by atoms with van der Waals surface area (Å²) in [6, 6.07) is 3.44. The molecular weight excluding hydrogens is 247 g/mol. The van der Waals surface area contributed by atoms with Gasteiger partial charge < -0.3 is 4.74 Å². The van der Waals surface area contributed by atoms with Crippen molar-refractivity contribution in [3.05, 3.63) is 35.5 Å². The number of fused-ring (bicyclic) bond motifs is 1. The van der Waals surface area contributed by atoms with Crippen LogP contribution in [0.2, 0.25) is 0 Å². The normalized spacial score (nSPS) is 11.6. The molecule has 0 N–H and O–H groups in total.